The molecule has 3 aromatic rings. The van der Waals surface area contributed by atoms with E-state index in [1.54, 1.807) is 31.2 Å². The van der Waals surface area contributed by atoms with Crippen molar-refractivity contribution in [3.05, 3.63) is 68.2 Å². The lowest BCUT2D eigenvalue weighted by Gasteiger charge is -2.11. The smallest absolute Gasteiger partial charge is 0.349 e. The maximum atomic E-state index is 12.3. The average Bonchev–Trinajstić information content (AvgIpc) is 3.07. The van der Waals surface area contributed by atoms with Crippen molar-refractivity contribution in [2.45, 2.75) is 13.0 Å². The molecule has 1 amide bonds. The highest BCUT2D eigenvalue weighted by Gasteiger charge is 2.19. The van der Waals surface area contributed by atoms with E-state index in [1.807, 2.05) is 17.5 Å². The maximum absolute atomic E-state index is 12.3. The fourth-order valence-corrected chi connectivity index (χ4v) is 3.14. The Kier molecular flexibility index (Phi) is 4.27. The van der Waals surface area contributed by atoms with Crippen LogP contribution in [-0.2, 0) is 0 Å². The van der Waals surface area contributed by atoms with Crippen molar-refractivity contribution in [3.8, 4) is 0 Å². The van der Waals surface area contributed by atoms with Gasteiger partial charge in [0.05, 0.1) is 0 Å². The predicted octanol–water partition coefficient (Wildman–Crippen LogP) is 2.63. The molecule has 0 saturated carbocycles. The number of aliphatic hydroxyl groups excluding tert-OH is 1. The van der Waals surface area contributed by atoms with Gasteiger partial charge in [0.1, 0.15) is 17.3 Å². The van der Waals surface area contributed by atoms with E-state index in [4.69, 9.17) is 4.42 Å². The number of aliphatic hydroxyl groups is 1. The molecule has 23 heavy (non-hydrogen) atoms. The second kappa shape index (κ2) is 6.36. The highest BCUT2D eigenvalue weighted by molar-refractivity contribution is 7.10. The van der Waals surface area contributed by atoms with E-state index in [-0.39, 0.29) is 12.1 Å². The minimum Gasteiger partial charge on any atom is -0.422 e. The Morgan fingerprint density at radius 2 is 2.09 bits per heavy atom. The van der Waals surface area contributed by atoms with Crippen LogP contribution in [0.25, 0.3) is 11.0 Å². The van der Waals surface area contributed by atoms with Gasteiger partial charge in [-0.2, -0.15) is 0 Å². The van der Waals surface area contributed by atoms with Gasteiger partial charge < -0.3 is 14.8 Å². The van der Waals surface area contributed by atoms with Crippen LogP contribution in [0.2, 0.25) is 0 Å². The highest BCUT2D eigenvalue weighted by Crippen LogP contribution is 2.20. The summed E-state index contributed by atoms with van der Waals surface area (Å²) in [7, 11) is 0. The van der Waals surface area contributed by atoms with Crippen molar-refractivity contribution in [2.75, 3.05) is 6.54 Å². The second-order valence-electron chi connectivity index (χ2n) is 5.13. The molecule has 0 aliphatic carbocycles. The molecule has 2 heterocycles. The molecule has 0 radical (unpaired) electrons. The van der Waals surface area contributed by atoms with Crippen LogP contribution < -0.4 is 10.9 Å². The summed E-state index contributed by atoms with van der Waals surface area (Å²) in [6, 6.07) is 10.7. The third-order valence-electron chi connectivity index (χ3n) is 3.63. The van der Waals surface area contributed by atoms with Crippen LogP contribution in [0.3, 0.4) is 0 Å². The molecule has 1 atom stereocenters. The molecular formula is C17H15NO4S. The molecule has 5 nitrogen and oxygen atoms in total. The third kappa shape index (κ3) is 3.04. The Hall–Kier alpha value is -2.44. The Bertz CT molecular complexity index is 899. The SMILES string of the molecule is Cc1c(C(=O)NCC(O)c2cccs2)c(=O)oc2ccccc12. The van der Waals surface area contributed by atoms with Gasteiger partial charge in [-0.1, -0.05) is 24.3 Å². The Morgan fingerprint density at radius 1 is 1.30 bits per heavy atom. The lowest BCUT2D eigenvalue weighted by molar-refractivity contribution is 0.0914. The van der Waals surface area contributed by atoms with E-state index in [9.17, 15) is 14.7 Å². The zero-order valence-electron chi connectivity index (χ0n) is 12.4. The van der Waals surface area contributed by atoms with Crippen LogP contribution >= 0.6 is 11.3 Å². The summed E-state index contributed by atoms with van der Waals surface area (Å²) in [5, 5.41) is 15.2. The summed E-state index contributed by atoms with van der Waals surface area (Å²) in [6.45, 7) is 1.74. The van der Waals surface area contributed by atoms with E-state index >= 15 is 0 Å². The average molecular weight is 329 g/mol. The van der Waals surface area contributed by atoms with Gasteiger partial charge in [-0.15, -0.1) is 11.3 Å². The number of benzene rings is 1. The lowest BCUT2D eigenvalue weighted by Crippen LogP contribution is -2.32. The van der Waals surface area contributed by atoms with Crippen molar-refractivity contribution >= 4 is 28.2 Å². The van der Waals surface area contributed by atoms with Crippen molar-refractivity contribution in [3.63, 3.8) is 0 Å². The van der Waals surface area contributed by atoms with Crippen LogP contribution in [0.15, 0.2) is 51.0 Å². The summed E-state index contributed by atoms with van der Waals surface area (Å²) >= 11 is 1.41. The first-order valence-corrected chi connectivity index (χ1v) is 7.98. The topological polar surface area (TPSA) is 79.5 Å². The third-order valence-corrected chi connectivity index (χ3v) is 4.60. The van der Waals surface area contributed by atoms with E-state index < -0.39 is 17.6 Å². The van der Waals surface area contributed by atoms with Crippen LogP contribution in [0.4, 0.5) is 0 Å². The molecule has 0 aliphatic heterocycles. The first-order valence-electron chi connectivity index (χ1n) is 7.10. The summed E-state index contributed by atoms with van der Waals surface area (Å²) in [6.07, 6.45) is -0.799. The van der Waals surface area contributed by atoms with E-state index in [0.717, 1.165) is 10.3 Å². The highest BCUT2D eigenvalue weighted by atomic mass is 32.1. The number of hydrogen-bond donors (Lipinski definition) is 2. The molecule has 0 fully saturated rings. The normalized spacial score (nSPS) is 12.3. The van der Waals surface area contributed by atoms with Gasteiger partial charge in [-0.3, -0.25) is 4.79 Å². The number of rotatable bonds is 4. The van der Waals surface area contributed by atoms with Crippen molar-refractivity contribution < 1.29 is 14.3 Å². The molecule has 0 aliphatic rings. The number of carbonyl (C=O) groups is 1. The van der Waals surface area contributed by atoms with Crippen LogP contribution in [0.1, 0.15) is 26.9 Å². The largest absolute Gasteiger partial charge is 0.422 e. The summed E-state index contributed by atoms with van der Waals surface area (Å²) in [4.78, 5) is 25.2. The Labute approximate surface area is 136 Å². The lowest BCUT2D eigenvalue weighted by atomic mass is 10.1. The van der Waals surface area contributed by atoms with Gasteiger partial charge in [0.15, 0.2) is 0 Å². The zero-order valence-corrected chi connectivity index (χ0v) is 13.2. The Balaban J connectivity index is 1.85. The van der Waals surface area contributed by atoms with E-state index in [1.165, 1.54) is 11.3 Å². The van der Waals surface area contributed by atoms with Gasteiger partial charge in [0.2, 0.25) is 0 Å². The number of nitrogens with one attached hydrogen (secondary N) is 1. The number of carbonyl (C=O) groups excluding carboxylic acids is 1. The number of thiophene rings is 1. The molecule has 2 aromatic heterocycles. The van der Waals surface area contributed by atoms with Crippen LogP contribution in [0, 0.1) is 6.92 Å². The monoisotopic (exact) mass is 329 g/mol. The number of fused-ring (bicyclic) bond motifs is 1. The first-order chi connectivity index (χ1) is 11.1. The summed E-state index contributed by atoms with van der Waals surface area (Å²) in [5.41, 5.74) is 0.316. The van der Waals surface area contributed by atoms with Crippen molar-refractivity contribution in [1.29, 1.82) is 0 Å². The van der Waals surface area contributed by atoms with Gasteiger partial charge in [0.25, 0.3) is 5.91 Å². The second-order valence-corrected chi connectivity index (χ2v) is 6.11. The van der Waals surface area contributed by atoms with Crippen molar-refractivity contribution in [2.24, 2.45) is 0 Å². The molecule has 0 spiro atoms. The molecule has 0 bridgehead atoms. The van der Waals surface area contributed by atoms with Gasteiger partial charge in [0, 0.05) is 16.8 Å². The Morgan fingerprint density at radius 3 is 2.83 bits per heavy atom. The molecule has 3 rings (SSSR count). The molecule has 1 unspecified atom stereocenters. The van der Waals surface area contributed by atoms with Crippen LogP contribution in [0.5, 0.6) is 0 Å². The number of para-hydroxylation sites is 1. The fourth-order valence-electron chi connectivity index (χ4n) is 2.43. The molecular weight excluding hydrogens is 314 g/mol. The molecule has 0 saturated heterocycles. The molecule has 6 heteroatoms. The van der Waals surface area contributed by atoms with Gasteiger partial charge in [-0.05, 0) is 30.0 Å². The van der Waals surface area contributed by atoms with E-state index in [2.05, 4.69) is 5.32 Å². The molecule has 118 valence electrons. The van der Waals surface area contributed by atoms with Gasteiger partial charge in [-0.25, -0.2) is 4.79 Å². The molecule has 1 aromatic carbocycles. The predicted molar refractivity (Wildman–Crippen MR) is 88.8 cm³/mol. The number of amides is 1. The minimum atomic E-state index is -0.799. The molecule has 2 N–H and O–H groups in total. The number of hydrogen-bond acceptors (Lipinski definition) is 5. The standard InChI is InChI=1S/C17H15NO4S/c1-10-11-5-2-3-6-13(11)22-17(21)15(10)16(20)18-9-12(19)14-7-4-8-23-14/h2-8,12,19H,9H2,1H3,(H,18,20). The summed E-state index contributed by atoms with van der Waals surface area (Å²) in [5.74, 6) is -0.544. The minimum absolute atomic E-state index is 0.0259. The maximum Gasteiger partial charge on any atom is 0.349 e. The van der Waals surface area contributed by atoms with Gasteiger partial charge >= 0.3 is 5.63 Å². The quantitative estimate of drug-likeness (QED) is 0.721. The van der Waals surface area contributed by atoms with Crippen molar-refractivity contribution in [1.82, 2.24) is 5.32 Å². The first kappa shape index (κ1) is 15.5. The van der Waals surface area contributed by atoms with Crippen LogP contribution in [-0.4, -0.2) is 17.6 Å². The fraction of sp³-hybridized carbons (Fsp3) is 0.176. The zero-order chi connectivity index (χ0) is 16.4. The summed E-state index contributed by atoms with van der Waals surface area (Å²) < 4.78 is 5.20. The van der Waals surface area contributed by atoms with E-state index in [0.29, 0.717) is 11.1 Å². The number of aryl methyl sites for hydroxylation is 1.